The molecule has 1 heterocycles. The summed E-state index contributed by atoms with van der Waals surface area (Å²) in [5.41, 5.74) is 2.10. The lowest BCUT2D eigenvalue weighted by atomic mass is 10.1. The van der Waals surface area contributed by atoms with E-state index < -0.39 is 0 Å². The SMILES string of the molecule is N#Cc1cccc(NC(=O)c2ccc(NC(=O)c3cccs3)cc2)c1. The van der Waals surface area contributed by atoms with Crippen molar-refractivity contribution < 1.29 is 9.59 Å². The predicted molar refractivity (Wildman–Crippen MR) is 97.8 cm³/mol. The Balaban J connectivity index is 1.66. The maximum absolute atomic E-state index is 12.3. The first kappa shape index (κ1) is 16.4. The summed E-state index contributed by atoms with van der Waals surface area (Å²) in [7, 11) is 0. The van der Waals surface area contributed by atoms with Crippen molar-refractivity contribution in [1.29, 1.82) is 5.26 Å². The minimum Gasteiger partial charge on any atom is -0.322 e. The van der Waals surface area contributed by atoms with E-state index in [1.165, 1.54) is 11.3 Å². The Bertz CT molecular complexity index is 942. The number of carbonyl (C=O) groups is 2. The van der Waals surface area contributed by atoms with Crippen LogP contribution >= 0.6 is 11.3 Å². The first-order chi connectivity index (χ1) is 12.2. The van der Waals surface area contributed by atoms with Crippen LogP contribution in [-0.4, -0.2) is 11.8 Å². The highest BCUT2D eigenvalue weighted by Gasteiger charge is 2.09. The molecule has 0 saturated carbocycles. The second-order valence-electron chi connectivity index (χ2n) is 5.16. The molecule has 0 bridgehead atoms. The number of nitrogens with zero attached hydrogens (tertiary/aromatic N) is 1. The number of anilines is 2. The number of amides is 2. The van der Waals surface area contributed by atoms with Gasteiger partial charge in [-0.05, 0) is 53.9 Å². The van der Waals surface area contributed by atoms with Gasteiger partial charge in [0, 0.05) is 16.9 Å². The molecule has 0 aliphatic rings. The summed E-state index contributed by atoms with van der Waals surface area (Å²) in [6.07, 6.45) is 0. The normalized spacial score (nSPS) is 9.88. The molecular weight excluding hydrogens is 334 g/mol. The zero-order valence-corrected chi connectivity index (χ0v) is 13.8. The Labute approximate surface area is 148 Å². The van der Waals surface area contributed by atoms with Gasteiger partial charge in [-0.15, -0.1) is 11.3 Å². The largest absolute Gasteiger partial charge is 0.322 e. The summed E-state index contributed by atoms with van der Waals surface area (Å²) >= 11 is 1.36. The monoisotopic (exact) mass is 347 g/mol. The van der Waals surface area contributed by atoms with Crippen molar-refractivity contribution in [3.05, 3.63) is 82.0 Å². The number of hydrogen-bond acceptors (Lipinski definition) is 4. The summed E-state index contributed by atoms with van der Waals surface area (Å²) in [4.78, 5) is 24.9. The minimum atomic E-state index is -0.286. The molecule has 0 spiro atoms. The van der Waals surface area contributed by atoms with Crippen molar-refractivity contribution in [2.45, 2.75) is 0 Å². The third-order valence-electron chi connectivity index (χ3n) is 3.40. The number of thiophene rings is 1. The predicted octanol–water partition coefficient (Wildman–Crippen LogP) is 4.12. The summed E-state index contributed by atoms with van der Waals surface area (Å²) in [5.74, 6) is -0.466. The van der Waals surface area contributed by atoms with Crippen LogP contribution in [0.4, 0.5) is 11.4 Å². The van der Waals surface area contributed by atoms with Crippen molar-refractivity contribution in [3.63, 3.8) is 0 Å². The molecule has 0 fully saturated rings. The van der Waals surface area contributed by atoms with Gasteiger partial charge in [0.25, 0.3) is 11.8 Å². The second kappa shape index (κ2) is 7.43. The Morgan fingerprint density at radius 2 is 1.64 bits per heavy atom. The summed E-state index contributed by atoms with van der Waals surface area (Å²) in [5, 5.41) is 16.2. The van der Waals surface area contributed by atoms with Crippen LogP contribution in [0.1, 0.15) is 25.6 Å². The molecule has 2 amide bonds. The first-order valence-electron chi connectivity index (χ1n) is 7.42. The summed E-state index contributed by atoms with van der Waals surface area (Å²) in [6, 6.07) is 18.9. The average molecular weight is 347 g/mol. The quantitative estimate of drug-likeness (QED) is 0.744. The second-order valence-corrected chi connectivity index (χ2v) is 6.10. The highest BCUT2D eigenvalue weighted by molar-refractivity contribution is 7.12. The van der Waals surface area contributed by atoms with Crippen LogP contribution in [0.25, 0.3) is 0 Å². The van der Waals surface area contributed by atoms with Crippen LogP contribution in [0.3, 0.4) is 0 Å². The van der Waals surface area contributed by atoms with E-state index in [4.69, 9.17) is 5.26 Å². The van der Waals surface area contributed by atoms with E-state index in [0.717, 1.165) is 0 Å². The highest BCUT2D eigenvalue weighted by atomic mass is 32.1. The molecule has 3 aromatic rings. The molecule has 0 saturated heterocycles. The maximum atomic E-state index is 12.3. The zero-order chi connectivity index (χ0) is 17.6. The molecule has 0 aliphatic heterocycles. The average Bonchev–Trinajstić information content (AvgIpc) is 3.17. The van der Waals surface area contributed by atoms with Gasteiger partial charge in [-0.25, -0.2) is 0 Å². The summed E-state index contributed by atoms with van der Waals surface area (Å²) in [6.45, 7) is 0. The maximum Gasteiger partial charge on any atom is 0.265 e. The van der Waals surface area contributed by atoms with Crippen molar-refractivity contribution in [1.82, 2.24) is 0 Å². The Kier molecular flexibility index (Phi) is 4.88. The first-order valence-corrected chi connectivity index (χ1v) is 8.30. The Morgan fingerprint density at radius 1 is 0.880 bits per heavy atom. The van der Waals surface area contributed by atoms with E-state index in [9.17, 15) is 9.59 Å². The van der Waals surface area contributed by atoms with Crippen LogP contribution in [-0.2, 0) is 0 Å². The van der Waals surface area contributed by atoms with Crippen molar-refractivity contribution in [3.8, 4) is 6.07 Å². The zero-order valence-electron chi connectivity index (χ0n) is 13.0. The number of benzene rings is 2. The van der Waals surface area contributed by atoms with E-state index in [1.54, 1.807) is 54.6 Å². The van der Waals surface area contributed by atoms with E-state index in [0.29, 0.717) is 27.4 Å². The molecule has 122 valence electrons. The van der Waals surface area contributed by atoms with Crippen LogP contribution < -0.4 is 10.6 Å². The molecule has 5 nitrogen and oxygen atoms in total. The minimum absolute atomic E-state index is 0.180. The van der Waals surface area contributed by atoms with Crippen molar-refractivity contribution in [2.75, 3.05) is 10.6 Å². The number of rotatable bonds is 4. The van der Waals surface area contributed by atoms with E-state index in [1.807, 2.05) is 17.5 Å². The molecule has 6 heteroatoms. The number of nitriles is 1. The number of carbonyl (C=O) groups excluding carboxylic acids is 2. The van der Waals surface area contributed by atoms with Crippen molar-refractivity contribution >= 4 is 34.5 Å². The molecule has 0 aliphatic carbocycles. The van der Waals surface area contributed by atoms with Gasteiger partial charge in [0.05, 0.1) is 16.5 Å². The standard InChI is InChI=1S/C19H13N3O2S/c20-12-13-3-1-4-16(11-13)22-18(23)14-6-8-15(9-7-14)21-19(24)17-5-2-10-25-17/h1-11H,(H,21,24)(H,22,23). The molecule has 2 N–H and O–H groups in total. The molecule has 1 aromatic heterocycles. The van der Waals surface area contributed by atoms with Gasteiger partial charge >= 0.3 is 0 Å². The molecule has 0 atom stereocenters. The van der Waals surface area contributed by atoms with E-state index >= 15 is 0 Å². The molecule has 25 heavy (non-hydrogen) atoms. The molecule has 2 aromatic carbocycles. The van der Waals surface area contributed by atoms with Crippen LogP contribution in [0.5, 0.6) is 0 Å². The Morgan fingerprint density at radius 3 is 2.32 bits per heavy atom. The van der Waals surface area contributed by atoms with Gasteiger partial charge in [-0.1, -0.05) is 12.1 Å². The fraction of sp³-hybridized carbons (Fsp3) is 0. The van der Waals surface area contributed by atoms with Gasteiger partial charge < -0.3 is 10.6 Å². The van der Waals surface area contributed by atoms with Crippen LogP contribution in [0.15, 0.2) is 66.0 Å². The van der Waals surface area contributed by atoms with E-state index in [2.05, 4.69) is 10.6 Å². The highest BCUT2D eigenvalue weighted by Crippen LogP contribution is 2.16. The van der Waals surface area contributed by atoms with Crippen LogP contribution in [0, 0.1) is 11.3 Å². The topological polar surface area (TPSA) is 82.0 Å². The molecule has 3 rings (SSSR count). The lowest BCUT2D eigenvalue weighted by Gasteiger charge is -2.07. The fourth-order valence-electron chi connectivity index (χ4n) is 2.18. The number of hydrogen-bond donors (Lipinski definition) is 2. The van der Waals surface area contributed by atoms with E-state index in [-0.39, 0.29) is 11.8 Å². The lowest BCUT2D eigenvalue weighted by molar-refractivity contribution is 0.102. The van der Waals surface area contributed by atoms with Gasteiger partial charge in [0.15, 0.2) is 0 Å². The number of nitrogens with one attached hydrogen (secondary N) is 2. The molecule has 0 radical (unpaired) electrons. The lowest BCUT2D eigenvalue weighted by Crippen LogP contribution is -2.13. The third-order valence-corrected chi connectivity index (χ3v) is 4.27. The fourth-order valence-corrected chi connectivity index (χ4v) is 2.79. The Hall–Kier alpha value is -3.43. The van der Waals surface area contributed by atoms with Gasteiger partial charge in [-0.2, -0.15) is 5.26 Å². The van der Waals surface area contributed by atoms with Gasteiger partial charge in [0.2, 0.25) is 0 Å². The van der Waals surface area contributed by atoms with Crippen molar-refractivity contribution in [2.24, 2.45) is 0 Å². The third kappa shape index (κ3) is 4.10. The molecule has 0 unspecified atom stereocenters. The van der Waals surface area contributed by atoms with Gasteiger partial charge in [0.1, 0.15) is 0 Å². The molecular formula is C19H13N3O2S. The van der Waals surface area contributed by atoms with Crippen LogP contribution in [0.2, 0.25) is 0 Å². The smallest absolute Gasteiger partial charge is 0.265 e. The summed E-state index contributed by atoms with van der Waals surface area (Å²) < 4.78 is 0. The van der Waals surface area contributed by atoms with Gasteiger partial charge in [-0.3, -0.25) is 9.59 Å².